The van der Waals surface area contributed by atoms with E-state index in [1.807, 2.05) is 13.8 Å². The standard InChI is InChI=1S/C14H19NO5/c1-3-7-19-13(17)11-9-10(5-6-12(11)16)15-14(18)20-8-4-2/h5-6,9,16H,3-4,7-8H2,1-2H3,(H,15,18). The maximum absolute atomic E-state index is 11.7. The molecule has 0 aromatic heterocycles. The lowest BCUT2D eigenvalue weighted by molar-refractivity contribution is 0.0502. The molecule has 110 valence electrons. The van der Waals surface area contributed by atoms with Gasteiger partial charge in [-0.1, -0.05) is 13.8 Å². The van der Waals surface area contributed by atoms with Gasteiger partial charge >= 0.3 is 12.1 Å². The van der Waals surface area contributed by atoms with Gasteiger partial charge in [-0.25, -0.2) is 9.59 Å². The molecule has 0 radical (unpaired) electrons. The van der Waals surface area contributed by atoms with Crippen molar-refractivity contribution in [2.24, 2.45) is 0 Å². The number of benzene rings is 1. The normalized spacial score (nSPS) is 9.90. The average molecular weight is 281 g/mol. The molecular weight excluding hydrogens is 262 g/mol. The van der Waals surface area contributed by atoms with Crippen molar-refractivity contribution in [2.75, 3.05) is 18.5 Å². The van der Waals surface area contributed by atoms with Crippen LogP contribution in [0.15, 0.2) is 18.2 Å². The van der Waals surface area contributed by atoms with Crippen LogP contribution < -0.4 is 5.32 Å². The molecule has 6 nitrogen and oxygen atoms in total. The Kier molecular flexibility index (Phi) is 6.36. The van der Waals surface area contributed by atoms with Crippen molar-refractivity contribution in [1.82, 2.24) is 0 Å². The molecule has 0 aliphatic heterocycles. The Labute approximate surface area is 117 Å². The van der Waals surface area contributed by atoms with Crippen molar-refractivity contribution in [1.29, 1.82) is 0 Å². The number of ether oxygens (including phenoxy) is 2. The average Bonchev–Trinajstić information content (AvgIpc) is 2.44. The van der Waals surface area contributed by atoms with E-state index in [0.717, 1.165) is 6.42 Å². The second-order valence-corrected chi connectivity index (χ2v) is 4.13. The summed E-state index contributed by atoms with van der Waals surface area (Å²) >= 11 is 0. The second kappa shape index (κ2) is 8.04. The molecule has 6 heteroatoms. The highest BCUT2D eigenvalue weighted by Gasteiger charge is 2.14. The minimum Gasteiger partial charge on any atom is -0.507 e. The molecule has 0 saturated heterocycles. The fourth-order valence-electron chi connectivity index (χ4n) is 1.40. The van der Waals surface area contributed by atoms with E-state index < -0.39 is 12.1 Å². The SMILES string of the molecule is CCCOC(=O)Nc1ccc(O)c(C(=O)OCCC)c1. The molecule has 1 amide bonds. The van der Waals surface area contributed by atoms with Gasteiger partial charge in [0.15, 0.2) is 0 Å². The van der Waals surface area contributed by atoms with Crippen molar-refractivity contribution in [3.05, 3.63) is 23.8 Å². The zero-order valence-corrected chi connectivity index (χ0v) is 11.6. The summed E-state index contributed by atoms with van der Waals surface area (Å²) in [5.74, 6) is -0.825. The van der Waals surface area contributed by atoms with Crippen LogP contribution in [0.25, 0.3) is 0 Å². The summed E-state index contributed by atoms with van der Waals surface area (Å²) in [6.45, 7) is 4.34. The molecule has 1 aromatic carbocycles. The second-order valence-electron chi connectivity index (χ2n) is 4.13. The Bertz CT molecular complexity index is 473. The van der Waals surface area contributed by atoms with E-state index in [0.29, 0.717) is 18.7 Å². The van der Waals surface area contributed by atoms with E-state index in [9.17, 15) is 14.7 Å². The molecule has 0 fully saturated rings. The molecule has 0 heterocycles. The van der Waals surface area contributed by atoms with Crippen molar-refractivity contribution in [2.45, 2.75) is 26.7 Å². The molecule has 1 rings (SSSR count). The Morgan fingerprint density at radius 3 is 2.45 bits per heavy atom. The van der Waals surface area contributed by atoms with Crippen molar-refractivity contribution in [3.8, 4) is 5.75 Å². The first kappa shape index (κ1) is 15.8. The largest absolute Gasteiger partial charge is 0.507 e. The van der Waals surface area contributed by atoms with Gasteiger partial charge in [0.2, 0.25) is 0 Å². The summed E-state index contributed by atoms with van der Waals surface area (Å²) in [5, 5.41) is 12.1. The van der Waals surface area contributed by atoms with Gasteiger partial charge in [0.1, 0.15) is 11.3 Å². The molecule has 1 aromatic rings. The third-order valence-electron chi connectivity index (χ3n) is 2.34. The van der Waals surface area contributed by atoms with Crippen LogP contribution in [-0.4, -0.2) is 30.4 Å². The quantitative estimate of drug-likeness (QED) is 0.618. The summed E-state index contributed by atoms with van der Waals surface area (Å²) < 4.78 is 9.80. The zero-order valence-electron chi connectivity index (χ0n) is 11.6. The van der Waals surface area contributed by atoms with E-state index in [-0.39, 0.29) is 17.9 Å². The minimum atomic E-state index is -0.630. The zero-order chi connectivity index (χ0) is 15.0. The van der Waals surface area contributed by atoms with E-state index in [2.05, 4.69) is 5.32 Å². The maximum Gasteiger partial charge on any atom is 0.411 e. The number of esters is 1. The summed E-state index contributed by atoms with van der Waals surface area (Å²) in [4.78, 5) is 23.1. The Hall–Kier alpha value is -2.24. The van der Waals surface area contributed by atoms with Gasteiger partial charge in [0.05, 0.1) is 13.2 Å². The van der Waals surface area contributed by atoms with E-state index in [1.54, 1.807) is 0 Å². The summed E-state index contributed by atoms with van der Waals surface area (Å²) in [7, 11) is 0. The van der Waals surface area contributed by atoms with Crippen LogP contribution in [0.4, 0.5) is 10.5 Å². The van der Waals surface area contributed by atoms with Crippen LogP contribution in [0.2, 0.25) is 0 Å². The number of phenolic OH excluding ortho intramolecular Hbond substituents is 1. The van der Waals surface area contributed by atoms with Crippen molar-refractivity contribution < 1.29 is 24.2 Å². The van der Waals surface area contributed by atoms with Crippen molar-refractivity contribution in [3.63, 3.8) is 0 Å². The number of nitrogens with one attached hydrogen (secondary N) is 1. The highest BCUT2D eigenvalue weighted by atomic mass is 16.5. The predicted molar refractivity (Wildman–Crippen MR) is 73.9 cm³/mol. The van der Waals surface area contributed by atoms with Gasteiger partial charge in [-0.3, -0.25) is 5.32 Å². The molecule has 0 aliphatic carbocycles. The lowest BCUT2D eigenvalue weighted by Gasteiger charge is -2.09. The first-order valence-corrected chi connectivity index (χ1v) is 6.52. The summed E-state index contributed by atoms with van der Waals surface area (Å²) in [6, 6.07) is 4.14. The Balaban J connectivity index is 2.75. The van der Waals surface area contributed by atoms with Gasteiger partial charge in [-0.2, -0.15) is 0 Å². The Morgan fingerprint density at radius 2 is 1.80 bits per heavy atom. The molecule has 0 bridgehead atoms. The smallest absolute Gasteiger partial charge is 0.411 e. The lowest BCUT2D eigenvalue weighted by atomic mass is 10.2. The third kappa shape index (κ3) is 4.79. The number of hydrogen-bond acceptors (Lipinski definition) is 5. The van der Waals surface area contributed by atoms with Crippen LogP contribution in [0.5, 0.6) is 5.75 Å². The summed E-state index contributed by atoms with van der Waals surface area (Å²) in [6.07, 6.45) is 0.802. The highest BCUT2D eigenvalue weighted by molar-refractivity contribution is 5.95. The monoisotopic (exact) mass is 281 g/mol. The first-order valence-electron chi connectivity index (χ1n) is 6.52. The van der Waals surface area contributed by atoms with Gasteiger partial charge in [-0.05, 0) is 31.0 Å². The highest BCUT2D eigenvalue weighted by Crippen LogP contribution is 2.22. The van der Waals surface area contributed by atoms with Crippen LogP contribution >= 0.6 is 0 Å². The molecule has 2 N–H and O–H groups in total. The van der Waals surface area contributed by atoms with E-state index >= 15 is 0 Å². The van der Waals surface area contributed by atoms with E-state index in [1.165, 1.54) is 18.2 Å². The first-order chi connectivity index (χ1) is 9.58. The molecule has 0 unspecified atom stereocenters. The minimum absolute atomic E-state index is 0.00624. The number of aromatic hydroxyl groups is 1. The summed E-state index contributed by atoms with van der Waals surface area (Å²) in [5.41, 5.74) is 0.360. The third-order valence-corrected chi connectivity index (χ3v) is 2.34. The number of phenols is 1. The fraction of sp³-hybridized carbons (Fsp3) is 0.429. The number of anilines is 1. The number of rotatable bonds is 6. The van der Waals surface area contributed by atoms with Gasteiger partial charge in [0, 0.05) is 5.69 Å². The molecule has 20 heavy (non-hydrogen) atoms. The molecule has 0 saturated carbocycles. The van der Waals surface area contributed by atoms with Gasteiger partial charge in [-0.15, -0.1) is 0 Å². The van der Waals surface area contributed by atoms with Crippen LogP contribution in [0, 0.1) is 0 Å². The lowest BCUT2D eigenvalue weighted by Crippen LogP contribution is -2.14. The van der Waals surface area contributed by atoms with Crippen LogP contribution in [0.3, 0.4) is 0 Å². The topological polar surface area (TPSA) is 84.9 Å². The molecule has 0 aliphatic rings. The molecular formula is C14H19NO5. The van der Waals surface area contributed by atoms with Gasteiger partial charge in [0.25, 0.3) is 0 Å². The molecule has 0 atom stereocenters. The number of carbonyl (C=O) groups excluding carboxylic acids is 2. The number of hydrogen-bond donors (Lipinski definition) is 2. The van der Waals surface area contributed by atoms with Crippen LogP contribution in [-0.2, 0) is 9.47 Å². The van der Waals surface area contributed by atoms with E-state index in [4.69, 9.17) is 9.47 Å². The van der Waals surface area contributed by atoms with Crippen molar-refractivity contribution >= 4 is 17.7 Å². The number of amides is 1. The Morgan fingerprint density at radius 1 is 1.15 bits per heavy atom. The molecule has 0 spiro atoms. The van der Waals surface area contributed by atoms with Gasteiger partial charge < -0.3 is 14.6 Å². The number of carbonyl (C=O) groups is 2. The predicted octanol–water partition coefficient (Wildman–Crippen LogP) is 2.92. The van der Waals surface area contributed by atoms with Crippen LogP contribution in [0.1, 0.15) is 37.0 Å². The fourth-order valence-corrected chi connectivity index (χ4v) is 1.40. The maximum atomic E-state index is 11.7.